The zero-order valence-corrected chi connectivity index (χ0v) is 18.9. The van der Waals surface area contributed by atoms with E-state index in [2.05, 4.69) is 36.6 Å². The maximum Gasteiger partial charge on any atom is 0.255 e. The molecule has 0 bridgehead atoms. The lowest BCUT2D eigenvalue weighted by Crippen LogP contribution is -2.13. The molecule has 0 saturated carbocycles. The maximum absolute atomic E-state index is 12.6. The highest BCUT2D eigenvalue weighted by Gasteiger charge is 2.14. The predicted molar refractivity (Wildman–Crippen MR) is 130 cm³/mol. The first-order valence-electron chi connectivity index (χ1n) is 10.7. The van der Waals surface area contributed by atoms with Gasteiger partial charge in [0.25, 0.3) is 5.91 Å². The van der Waals surface area contributed by atoms with Crippen molar-refractivity contribution in [1.29, 1.82) is 0 Å². The van der Waals surface area contributed by atoms with Gasteiger partial charge in [0.15, 0.2) is 5.82 Å². The first kappa shape index (κ1) is 23.1. The molecular weight excluding hydrogens is 402 g/mol. The number of hydrogen-bond acceptors (Lipinski definition) is 5. The zero-order valence-electron chi connectivity index (χ0n) is 18.9. The summed E-state index contributed by atoms with van der Waals surface area (Å²) < 4.78 is 7.14. The standard InChI is InChI=1S/C25H31N5O2/c1-4-5-6-11-23-18(2)24(27-17-32-3)29-30(23)16-19-12-14-20(15-13-19)25(31)28-22-10-8-7-9-21(22)26/h5-10,12-15H,4,11,16-17,26H2,1-3H3,(H,27,29)(H,28,31)/b6-5-. The first-order valence-corrected chi connectivity index (χ1v) is 10.7. The van der Waals surface area contributed by atoms with Gasteiger partial charge in [-0.3, -0.25) is 9.48 Å². The van der Waals surface area contributed by atoms with Crippen LogP contribution in [0.4, 0.5) is 17.2 Å². The summed E-state index contributed by atoms with van der Waals surface area (Å²) in [6.45, 7) is 5.20. The lowest BCUT2D eigenvalue weighted by atomic mass is 10.1. The molecule has 0 aliphatic heterocycles. The fraction of sp³-hybridized carbons (Fsp3) is 0.280. The number of carbonyl (C=O) groups is 1. The minimum Gasteiger partial charge on any atom is -0.397 e. The fourth-order valence-electron chi connectivity index (χ4n) is 3.39. The number of carbonyl (C=O) groups excluding carboxylic acids is 1. The van der Waals surface area contributed by atoms with Crippen LogP contribution in [0.25, 0.3) is 0 Å². The molecule has 0 radical (unpaired) electrons. The molecule has 4 N–H and O–H groups in total. The first-order chi connectivity index (χ1) is 15.5. The van der Waals surface area contributed by atoms with Gasteiger partial charge in [0.05, 0.1) is 17.9 Å². The summed E-state index contributed by atoms with van der Waals surface area (Å²) in [4.78, 5) is 12.6. The van der Waals surface area contributed by atoms with E-state index in [1.165, 1.54) is 0 Å². The second kappa shape index (κ2) is 11.2. The molecule has 0 fully saturated rings. The Kier molecular flexibility index (Phi) is 8.05. The molecule has 7 heteroatoms. The summed E-state index contributed by atoms with van der Waals surface area (Å²) in [6.07, 6.45) is 6.13. The van der Waals surface area contributed by atoms with Crippen molar-refractivity contribution >= 4 is 23.1 Å². The third-order valence-electron chi connectivity index (χ3n) is 5.18. The van der Waals surface area contributed by atoms with Crippen LogP contribution >= 0.6 is 0 Å². The third-order valence-corrected chi connectivity index (χ3v) is 5.18. The molecule has 3 aromatic rings. The Morgan fingerprint density at radius 1 is 1.16 bits per heavy atom. The van der Waals surface area contributed by atoms with Crippen LogP contribution in [-0.2, 0) is 17.7 Å². The summed E-state index contributed by atoms with van der Waals surface area (Å²) in [5.74, 6) is 0.629. The monoisotopic (exact) mass is 433 g/mol. The largest absolute Gasteiger partial charge is 0.397 e. The van der Waals surface area contributed by atoms with Gasteiger partial charge in [-0.05, 0) is 43.2 Å². The van der Waals surface area contributed by atoms with E-state index in [0.29, 0.717) is 30.2 Å². The number of methoxy groups -OCH3 is 1. The van der Waals surface area contributed by atoms with E-state index >= 15 is 0 Å². The number of allylic oxidation sites excluding steroid dienone is 2. The van der Waals surface area contributed by atoms with Gasteiger partial charge in [-0.25, -0.2) is 0 Å². The molecule has 1 heterocycles. The summed E-state index contributed by atoms with van der Waals surface area (Å²) in [6, 6.07) is 14.8. The topological polar surface area (TPSA) is 94.2 Å². The SMILES string of the molecule is CC/C=C\Cc1c(C)c(NCOC)nn1Cc1ccc(C(=O)Nc2ccccc2N)cc1. The number of nitrogens with two attached hydrogens (primary N) is 1. The van der Waals surface area contributed by atoms with Crippen LogP contribution in [0.1, 0.15) is 40.5 Å². The van der Waals surface area contributed by atoms with Crippen molar-refractivity contribution < 1.29 is 9.53 Å². The molecule has 1 aromatic heterocycles. The number of nitrogens with zero attached hydrogens (tertiary/aromatic N) is 2. The van der Waals surface area contributed by atoms with Crippen molar-refractivity contribution in [2.75, 3.05) is 30.2 Å². The quantitative estimate of drug-likeness (QED) is 0.247. The summed E-state index contributed by atoms with van der Waals surface area (Å²) in [7, 11) is 1.65. The highest BCUT2D eigenvalue weighted by molar-refractivity contribution is 6.05. The number of rotatable bonds is 10. The smallest absolute Gasteiger partial charge is 0.255 e. The number of nitrogen functional groups attached to an aromatic ring is 1. The molecule has 0 spiro atoms. The van der Waals surface area contributed by atoms with Crippen molar-refractivity contribution in [3.63, 3.8) is 0 Å². The van der Waals surface area contributed by atoms with Crippen molar-refractivity contribution in [2.45, 2.75) is 33.2 Å². The van der Waals surface area contributed by atoms with Crippen LogP contribution in [0.15, 0.2) is 60.7 Å². The molecule has 1 amide bonds. The fourth-order valence-corrected chi connectivity index (χ4v) is 3.39. The number of hydrogen-bond donors (Lipinski definition) is 3. The molecule has 0 unspecified atom stereocenters. The Hall–Kier alpha value is -3.58. The number of ether oxygens (including phenoxy) is 1. The van der Waals surface area contributed by atoms with Crippen LogP contribution < -0.4 is 16.4 Å². The van der Waals surface area contributed by atoms with E-state index in [9.17, 15) is 4.79 Å². The molecule has 0 atom stereocenters. The Morgan fingerprint density at radius 2 is 1.91 bits per heavy atom. The van der Waals surface area contributed by atoms with E-state index in [4.69, 9.17) is 15.6 Å². The number of nitrogens with one attached hydrogen (secondary N) is 2. The summed E-state index contributed by atoms with van der Waals surface area (Å²) >= 11 is 0. The minimum absolute atomic E-state index is 0.194. The highest BCUT2D eigenvalue weighted by Crippen LogP contribution is 2.21. The minimum atomic E-state index is -0.194. The summed E-state index contributed by atoms with van der Waals surface area (Å²) in [5, 5.41) is 10.8. The Labute approximate surface area is 189 Å². The molecule has 7 nitrogen and oxygen atoms in total. The van der Waals surface area contributed by atoms with Crippen LogP contribution in [-0.4, -0.2) is 29.5 Å². The average Bonchev–Trinajstić information content (AvgIpc) is 3.08. The van der Waals surface area contributed by atoms with Crippen molar-refractivity contribution in [3.8, 4) is 0 Å². The lowest BCUT2D eigenvalue weighted by molar-refractivity contribution is 0.102. The second-order valence-electron chi connectivity index (χ2n) is 7.51. The third kappa shape index (κ3) is 5.76. The molecule has 0 aliphatic rings. The van der Waals surface area contributed by atoms with Crippen LogP contribution in [0, 0.1) is 6.92 Å². The van der Waals surface area contributed by atoms with E-state index < -0.39 is 0 Å². The Morgan fingerprint density at radius 3 is 2.59 bits per heavy atom. The van der Waals surface area contributed by atoms with Gasteiger partial charge < -0.3 is 21.1 Å². The maximum atomic E-state index is 12.6. The Bertz CT molecular complexity index is 1070. The van der Waals surface area contributed by atoms with Gasteiger partial charge in [0.2, 0.25) is 0 Å². The van der Waals surface area contributed by atoms with E-state index in [0.717, 1.165) is 35.5 Å². The number of para-hydroxylation sites is 2. The number of amides is 1. The highest BCUT2D eigenvalue weighted by atomic mass is 16.5. The van der Waals surface area contributed by atoms with Crippen LogP contribution in [0.2, 0.25) is 0 Å². The second-order valence-corrected chi connectivity index (χ2v) is 7.51. The number of aromatic nitrogens is 2. The molecule has 0 saturated heterocycles. The van der Waals surface area contributed by atoms with Gasteiger partial charge in [-0.15, -0.1) is 0 Å². The van der Waals surface area contributed by atoms with Gasteiger partial charge in [0, 0.05) is 30.4 Å². The van der Waals surface area contributed by atoms with Gasteiger partial charge in [0.1, 0.15) is 6.73 Å². The van der Waals surface area contributed by atoms with E-state index in [1.54, 1.807) is 19.2 Å². The molecule has 0 aliphatic carbocycles. The zero-order chi connectivity index (χ0) is 22.9. The van der Waals surface area contributed by atoms with Gasteiger partial charge in [-0.1, -0.05) is 43.3 Å². The van der Waals surface area contributed by atoms with Gasteiger partial charge in [-0.2, -0.15) is 5.10 Å². The van der Waals surface area contributed by atoms with E-state index in [1.807, 2.05) is 41.1 Å². The number of benzene rings is 2. The normalized spacial score (nSPS) is 11.1. The van der Waals surface area contributed by atoms with Gasteiger partial charge >= 0.3 is 0 Å². The van der Waals surface area contributed by atoms with Crippen LogP contribution in [0.3, 0.4) is 0 Å². The van der Waals surface area contributed by atoms with Crippen molar-refractivity contribution in [2.24, 2.45) is 0 Å². The molecule has 168 valence electrons. The molecular formula is C25H31N5O2. The number of anilines is 3. The predicted octanol–water partition coefficient (Wildman–Crippen LogP) is 4.60. The van der Waals surface area contributed by atoms with Crippen molar-refractivity contribution in [3.05, 3.63) is 83.1 Å². The average molecular weight is 434 g/mol. The van der Waals surface area contributed by atoms with Crippen LogP contribution in [0.5, 0.6) is 0 Å². The van der Waals surface area contributed by atoms with E-state index in [-0.39, 0.29) is 5.91 Å². The Balaban J connectivity index is 1.75. The van der Waals surface area contributed by atoms with Crippen molar-refractivity contribution in [1.82, 2.24) is 9.78 Å². The molecule has 3 rings (SSSR count). The lowest BCUT2D eigenvalue weighted by Gasteiger charge is -2.10. The summed E-state index contributed by atoms with van der Waals surface area (Å²) in [5.41, 5.74) is 10.9. The molecule has 2 aromatic carbocycles. The molecule has 32 heavy (non-hydrogen) atoms.